The Hall–Kier alpha value is -4.55. The second kappa shape index (κ2) is 18.0. The lowest BCUT2D eigenvalue weighted by Crippen LogP contribution is -2.36. The molecule has 4 heterocycles. The van der Waals surface area contributed by atoms with Crippen molar-refractivity contribution >= 4 is 40.4 Å². The van der Waals surface area contributed by atoms with Crippen LogP contribution in [0, 0.1) is 0 Å². The third kappa shape index (κ3) is 10.2. The molecule has 2 aliphatic heterocycles. The van der Waals surface area contributed by atoms with Crippen LogP contribution in [0.25, 0.3) is 0 Å². The number of aldehydes is 1. The first-order valence-electron chi connectivity index (χ1n) is 16.1. The maximum Gasteiger partial charge on any atom is 0.201 e. The second-order valence-corrected chi connectivity index (χ2v) is 10.8. The summed E-state index contributed by atoms with van der Waals surface area (Å²) in [5.41, 5.74) is 7.46. The van der Waals surface area contributed by atoms with E-state index in [1.54, 1.807) is 18.5 Å². The van der Waals surface area contributed by atoms with Gasteiger partial charge >= 0.3 is 0 Å². The van der Waals surface area contributed by atoms with Gasteiger partial charge in [0.1, 0.15) is 5.69 Å². The van der Waals surface area contributed by atoms with Gasteiger partial charge in [0.15, 0.2) is 6.29 Å². The van der Waals surface area contributed by atoms with Crippen LogP contribution >= 0.6 is 0 Å². The molecule has 2 aromatic heterocycles. The number of benzene rings is 2. The number of rotatable bonds is 12. The summed E-state index contributed by atoms with van der Waals surface area (Å²) in [6, 6.07) is 24.2. The van der Waals surface area contributed by atoms with Crippen molar-refractivity contribution in [3.63, 3.8) is 0 Å². The highest BCUT2D eigenvalue weighted by atomic mass is 16.7. The first-order valence-corrected chi connectivity index (χ1v) is 16.1. The molecule has 11 heteroatoms. The average Bonchev–Trinajstić information content (AvgIpc) is 3.14. The number of morpholine rings is 2. The molecule has 2 aromatic carbocycles. The standard InChI is InChI=1S/C20H27N3O3.C16H17N3O2/c1-3-25-20(26-4-2)19-10-7-17(15-21-19)22-16-5-8-18(9-6-16)23-11-13-24-14-12-23;20-12-15-2-1-14(11-17-15)18-13-3-5-16(6-4-13)19-7-9-21-10-8-19/h5-10,15,20,22H,3-4,11-14H2,1-2H3;1-6,11-12,18H,7-10H2. The summed E-state index contributed by atoms with van der Waals surface area (Å²) in [6.07, 6.45) is 3.78. The number of hydrogen-bond donors (Lipinski definition) is 2. The summed E-state index contributed by atoms with van der Waals surface area (Å²) in [4.78, 5) is 23.7. The minimum atomic E-state index is -0.410. The molecule has 2 saturated heterocycles. The Morgan fingerprint density at radius 3 is 1.49 bits per heavy atom. The fourth-order valence-corrected chi connectivity index (χ4v) is 5.18. The summed E-state index contributed by atoms with van der Waals surface area (Å²) in [5.74, 6) is 0. The van der Waals surface area contributed by atoms with Crippen LogP contribution in [0.3, 0.4) is 0 Å². The Balaban J connectivity index is 0.000000189. The number of hydrogen-bond acceptors (Lipinski definition) is 11. The highest BCUT2D eigenvalue weighted by Gasteiger charge is 2.14. The number of aromatic nitrogens is 2. The van der Waals surface area contributed by atoms with Crippen LogP contribution in [0.5, 0.6) is 0 Å². The van der Waals surface area contributed by atoms with Crippen LogP contribution in [-0.4, -0.2) is 82.1 Å². The largest absolute Gasteiger partial charge is 0.378 e. The molecule has 11 nitrogen and oxygen atoms in total. The number of carbonyl (C=O) groups is 1. The van der Waals surface area contributed by atoms with E-state index < -0.39 is 6.29 Å². The zero-order valence-electron chi connectivity index (χ0n) is 27.1. The smallest absolute Gasteiger partial charge is 0.201 e. The van der Waals surface area contributed by atoms with Crippen LogP contribution in [-0.2, 0) is 18.9 Å². The lowest BCUT2D eigenvalue weighted by atomic mass is 10.2. The third-order valence-corrected chi connectivity index (χ3v) is 7.64. The van der Waals surface area contributed by atoms with E-state index in [0.29, 0.717) is 18.9 Å². The van der Waals surface area contributed by atoms with Crippen molar-refractivity contribution < 1.29 is 23.7 Å². The van der Waals surface area contributed by atoms with Gasteiger partial charge < -0.3 is 39.4 Å². The predicted molar refractivity (Wildman–Crippen MR) is 185 cm³/mol. The van der Waals surface area contributed by atoms with Crippen molar-refractivity contribution in [1.29, 1.82) is 0 Å². The Morgan fingerprint density at radius 1 is 0.660 bits per heavy atom. The molecule has 0 unspecified atom stereocenters. The first-order chi connectivity index (χ1) is 23.1. The van der Waals surface area contributed by atoms with E-state index in [1.807, 2.05) is 44.2 Å². The second-order valence-electron chi connectivity index (χ2n) is 10.8. The highest BCUT2D eigenvalue weighted by Crippen LogP contribution is 2.24. The van der Waals surface area contributed by atoms with Crippen LogP contribution in [0.2, 0.25) is 0 Å². The molecule has 2 aliphatic rings. The van der Waals surface area contributed by atoms with Gasteiger partial charge in [-0.05, 0) is 86.6 Å². The zero-order chi connectivity index (χ0) is 32.7. The Bertz CT molecular complexity index is 1470. The molecule has 0 bridgehead atoms. The number of anilines is 6. The lowest BCUT2D eigenvalue weighted by Gasteiger charge is -2.28. The van der Waals surface area contributed by atoms with E-state index >= 15 is 0 Å². The molecule has 6 rings (SSSR count). The summed E-state index contributed by atoms with van der Waals surface area (Å²) in [6.45, 7) is 12.0. The maximum absolute atomic E-state index is 10.6. The summed E-state index contributed by atoms with van der Waals surface area (Å²) < 4.78 is 21.9. The van der Waals surface area contributed by atoms with E-state index in [4.69, 9.17) is 18.9 Å². The van der Waals surface area contributed by atoms with Crippen LogP contribution in [0.4, 0.5) is 34.1 Å². The van der Waals surface area contributed by atoms with Gasteiger partial charge in [-0.3, -0.25) is 14.8 Å². The molecule has 2 N–H and O–H groups in total. The number of nitrogens with one attached hydrogen (secondary N) is 2. The van der Waals surface area contributed by atoms with Gasteiger partial charge in [0.2, 0.25) is 6.29 Å². The normalized spacial score (nSPS) is 14.7. The van der Waals surface area contributed by atoms with Crippen LogP contribution in [0.15, 0.2) is 85.2 Å². The summed E-state index contributed by atoms with van der Waals surface area (Å²) >= 11 is 0. The molecule has 0 radical (unpaired) electrons. The average molecular weight is 641 g/mol. The van der Waals surface area contributed by atoms with E-state index in [9.17, 15) is 4.79 Å². The molecule has 0 aliphatic carbocycles. The topological polar surface area (TPSA) is 110 Å². The van der Waals surface area contributed by atoms with Gasteiger partial charge in [0.25, 0.3) is 0 Å². The van der Waals surface area contributed by atoms with Gasteiger partial charge in [0.05, 0.1) is 55.9 Å². The van der Waals surface area contributed by atoms with Crippen LogP contribution in [0.1, 0.15) is 36.3 Å². The maximum atomic E-state index is 10.6. The van der Waals surface area contributed by atoms with E-state index in [2.05, 4.69) is 66.8 Å². The van der Waals surface area contributed by atoms with Crippen molar-refractivity contribution in [2.45, 2.75) is 20.1 Å². The molecule has 0 amide bonds. The fourth-order valence-electron chi connectivity index (χ4n) is 5.18. The monoisotopic (exact) mass is 640 g/mol. The van der Waals surface area contributed by atoms with Crippen molar-refractivity contribution in [3.8, 4) is 0 Å². The number of pyridine rings is 2. The Kier molecular flexibility index (Phi) is 12.9. The summed E-state index contributed by atoms with van der Waals surface area (Å²) in [5, 5.41) is 6.64. The molecule has 0 spiro atoms. The number of nitrogens with zero attached hydrogens (tertiary/aromatic N) is 4. The minimum absolute atomic E-state index is 0.410. The van der Waals surface area contributed by atoms with Gasteiger partial charge in [-0.25, -0.2) is 0 Å². The summed E-state index contributed by atoms with van der Waals surface area (Å²) in [7, 11) is 0. The predicted octanol–water partition coefficient (Wildman–Crippen LogP) is 6.21. The number of ether oxygens (including phenoxy) is 4. The van der Waals surface area contributed by atoms with Crippen molar-refractivity contribution in [1.82, 2.24) is 9.97 Å². The Morgan fingerprint density at radius 2 is 1.11 bits per heavy atom. The lowest BCUT2D eigenvalue weighted by molar-refractivity contribution is -0.142. The molecular formula is C36H44N6O5. The van der Waals surface area contributed by atoms with Crippen molar-refractivity contribution in [3.05, 3.63) is 96.6 Å². The number of carbonyl (C=O) groups excluding carboxylic acids is 1. The fraction of sp³-hybridized carbons (Fsp3) is 0.361. The zero-order valence-corrected chi connectivity index (χ0v) is 27.1. The van der Waals surface area contributed by atoms with Gasteiger partial charge in [-0.15, -0.1) is 0 Å². The quantitative estimate of drug-likeness (QED) is 0.136. The van der Waals surface area contributed by atoms with Gasteiger partial charge in [0, 0.05) is 62.1 Å². The first kappa shape index (κ1) is 33.8. The molecule has 4 aromatic rings. The highest BCUT2D eigenvalue weighted by molar-refractivity contribution is 5.73. The third-order valence-electron chi connectivity index (χ3n) is 7.64. The van der Waals surface area contributed by atoms with E-state index in [-0.39, 0.29) is 0 Å². The van der Waals surface area contributed by atoms with Crippen molar-refractivity contribution in [2.24, 2.45) is 0 Å². The van der Waals surface area contributed by atoms with Crippen molar-refractivity contribution in [2.75, 3.05) is 86.3 Å². The minimum Gasteiger partial charge on any atom is -0.378 e. The Labute approximate surface area is 276 Å². The SMILES string of the molecule is CCOC(OCC)c1ccc(Nc2ccc(N3CCOCC3)cc2)cn1.O=Cc1ccc(Nc2ccc(N3CCOCC3)cc2)cn1. The van der Waals surface area contributed by atoms with Gasteiger partial charge in [-0.1, -0.05) is 0 Å². The van der Waals surface area contributed by atoms with E-state index in [0.717, 1.165) is 87.3 Å². The molecule has 47 heavy (non-hydrogen) atoms. The van der Waals surface area contributed by atoms with E-state index in [1.165, 1.54) is 11.4 Å². The molecule has 0 saturated carbocycles. The molecular weight excluding hydrogens is 596 g/mol. The van der Waals surface area contributed by atoms with Gasteiger partial charge in [-0.2, -0.15) is 0 Å². The molecule has 2 fully saturated rings. The van der Waals surface area contributed by atoms with Crippen LogP contribution < -0.4 is 20.4 Å². The molecule has 248 valence electrons. The molecule has 0 atom stereocenters.